The maximum atomic E-state index is 14.7. The first-order chi connectivity index (χ1) is 8.67. The van der Waals surface area contributed by atoms with E-state index in [1.54, 1.807) is 4.90 Å². The topological polar surface area (TPSA) is 20.3 Å². The summed E-state index contributed by atoms with van der Waals surface area (Å²) in [6, 6.07) is 9.35. The van der Waals surface area contributed by atoms with Gasteiger partial charge in [-0.1, -0.05) is 24.6 Å². The van der Waals surface area contributed by atoms with Crippen molar-refractivity contribution in [1.29, 1.82) is 0 Å². The number of para-hydroxylation sites is 1. The molecule has 3 heteroatoms. The lowest BCUT2D eigenvalue weighted by Crippen LogP contribution is -2.47. The number of benzene rings is 1. The van der Waals surface area contributed by atoms with Crippen LogP contribution in [0, 0.1) is 0 Å². The van der Waals surface area contributed by atoms with E-state index >= 15 is 0 Å². The van der Waals surface area contributed by atoms with Crippen LogP contribution in [-0.4, -0.2) is 18.1 Å². The number of carbonyl (C=O) groups excluding carboxylic acids is 1. The zero-order chi connectivity index (χ0) is 13.0. The number of anilines is 1. The highest BCUT2D eigenvalue weighted by Gasteiger charge is 2.42. The van der Waals surface area contributed by atoms with E-state index in [1.165, 1.54) is 0 Å². The van der Waals surface area contributed by atoms with E-state index in [0.29, 0.717) is 19.4 Å². The van der Waals surface area contributed by atoms with Gasteiger partial charge in [-0.2, -0.15) is 0 Å². The fourth-order valence-corrected chi connectivity index (χ4v) is 2.62. The van der Waals surface area contributed by atoms with Gasteiger partial charge in [0.15, 0.2) is 5.67 Å². The lowest BCUT2D eigenvalue weighted by atomic mass is 9.85. The molecule has 0 N–H and O–H groups in total. The number of amides is 1. The molecule has 0 aromatic heterocycles. The quantitative estimate of drug-likeness (QED) is 0.799. The van der Waals surface area contributed by atoms with Gasteiger partial charge in [-0.15, -0.1) is 0 Å². The molecule has 2 nitrogen and oxygen atoms in total. The van der Waals surface area contributed by atoms with Gasteiger partial charge in [0.2, 0.25) is 0 Å². The molecule has 1 aromatic rings. The van der Waals surface area contributed by atoms with Crippen LogP contribution in [0.1, 0.15) is 39.0 Å². The molecule has 0 unspecified atom stereocenters. The van der Waals surface area contributed by atoms with Crippen LogP contribution in [-0.2, 0) is 4.79 Å². The molecule has 98 valence electrons. The van der Waals surface area contributed by atoms with Crippen molar-refractivity contribution in [2.24, 2.45) is 0 Å². The second-order valence-electron chi connectivity index (χ2n) is 4.91. The largest absolute Gasteiger partial charge is 0.310 e. The summed E-state index contributed by atoms with van der Waals surface area (Å²) in [5.41, 5.74) is -0.864. The number of hydrogen-bond donors (Lipinski definition) is 0. The molecule has 1 aromatic carbocycles. The average Bonchev–Trinajstić information content (AvgIpc) is 2.41. The minimum Gasteiger partial charge on any atom is -0.310 e. The van der Waals surface area contributed by atoms with Crippen molar-refractivity contribution in [3.63, 3.8) is 0 Å². The third kappa shape index (κ3) is 2.55. The van der Waals surface area contributed by atoms with Gasteiger partial charge in [-0.05, 0) is 44.7 Å². The third-order valence-electron chi connectivity index (χ3n) is 3.66. The minimum absolute atomic E-state index is 0.365. The van der Waals surface area contributed by atoms with E-state index in [1.807, 2.05) is 37.3 Å². The van der Waals surface area contributed by atoms with E-state index in [9.17, 15) is 9.18 Å². The zero-order valence-electron chi connectivity index (χ0n) is 10.9. The predicted octanol–water partition coefficient (Wildman–Crippen LogP) is 3.71. The Hall–Kier alpha value is -1.38. The van der Waals surface area contributed by atoms with Crippen molar-refractivity contribution < 1.29 is 9.18 Å². The first-order valence-corrected chi connectivity index (χ1v) is 6.73. The summed E-state index contributed by atoms with van der Waals surface area (Å²) in [6.07, 6.45) is 3.41. The monoisotopic (exact) mass is 249 g/mol. The number of rotatable bonds is 3. The summed E-state index contributed by atoms with van der Waals surface area (Å²) < 4.78 is 14.7. The van der Waals surface area contributed by atoms with E-state index in [0.717, 1.165) is 24.9 Å². The molecule has 1 fully saturated rings. The van der Waals surface area contributed by atoms with Crippen molar-refractivity contribution in [2.45, 2.75) is 44.7 Å². The summed E-state index contributed by atoms with van der Waals surface area (Å²) in [7, 11) is 0. The SMILES string of the molecule is CCN(C(=O)C1(F)CCCCC1)c1ccccc1. The van der Waals surface area contributed by atoms with Crippen molar-refractivity contribution in [3.8, 4) is 0 Å². The highest BCUT2D eigenvalue weighted by Crippen LogP contribution is 2.34. The Bertz CT molecular complexity index is 398. The number of carbonyl (C=O) groups is 1. The fourth-order valence-electron chi connectivity index (χ4n) is 2.62. The zero-order valence-corrected chi connectivity index (χ0v) is 10.9. The maximum absolute atomic E-state index is 14.7. The number of alkyl halides is 1. The Morgan fingerprint density at radius 2 is 1.83 bits per heavy atom. The third-order valence-corrected chi connectivity index (χ3v) is 3.66. The van der Waals surface area contributed by atoms with Gasteiger partial charge in [0, 0.05) is 12.2 Å². The Balaban J connectivity index is 2.20. The van der Waals surface area contributed by atoms with E-state index in [4.69, 9.17) is 0 Å². The van der Waals surface area contributed by atoms with Gasteiger partial charge in [0.05, 0.1) is 0 Å². The molecule has 2 rings (SSSR count). The second-order valence-corrected chi connectivity index (χ2v) is 4.91. The normalized spacial score (nSPS) is 18.3. The number of hydrogen-bond acceptors (Lipinski definition) is 1. The summed E-state index contributed by atoms with van der Waals surface area (Å²) in [6.45, 7) is 2.39. The Morgan fingerprint density at radius 1 is 1.22 bits per heavy atom. The molecule has 1 aliphatic rings. The van der Waals surface area contributed by atoms with Crippen LogP contribution in [0.3, 0.4) is 0 Å². The molecule has 1 aliphatic carbocycles. The van der Waals surface area contributed by atoms with Gasteiger partial charge >= 0.3 is 0 Å². The van der Waals surface area contributed by atoms with Crippen LogP contribution in [0.2, 0.25) is 0 Å². The van der Waals surface area contributed by atoms with Gasteiger partial charge in [-0.3, -0.25) is 4.79 Å². The van der Waals surface area contributed by atoms with Crippen LogP contribution in [0.4, 0.5) is 10.1 Å². The van der Waals surface area contributed by atoms with Gasteiger partial charge in [-0.25, -0.2) is 4.39 Å². The number of nitrogens with zero attached hydrogens (tertiary/aromatic N) is 1. The lowest BCUT2D eigenvalue weighted by Gasteiger charge is -2.33. The molecule has 1 saturated carbocycles. The van der Waals surface area contributed by atoms with E-state index in [2.05, 4.69) is 0 Å². The van der Waals surface area contributed by atoms with Crippen LogP contribution in [0.5, 0.6) is 0 Å². The average molecular weight is 249 g/mol. The molecular weight excluding hydrogens is 229 g/mol. The predicted molar refractivity (Wildman–Crippen MR) is 71.4 cm³/mol. The Labute approximate surface area is 108 Å². The molecule has 0 heterocycles. The Kier molecular flexibility index (Phi) is 4.00. The van der Waals surface area contributed by atoms with Gasteiger partial charge in [0.1, 0.15) is 0 Å². The molecule has 0 saturated heterocycles. The molecule has 0 spiro atoms. The smallest absolute Gasteiger partial charge is 0.264 e. The van der Waals surface area contributed by atoms with Crippen LogP contribution < -0.4 is 4.90 Å². The lowest BCUT2D eigenvalue weighted by molar-refractivity contribution is -0.132. The van der Waals surface area contributed by atoms with Gasteiger partial charge < -0.3 is 4.90 Å². The summed E-state index contributed by atoms with van der Waals surface area (Å²) in [4.78, 5) is 14.0. The van der Waals surface area contributed by atoms with Crippen molar-refractivity contribution in [2.75, 3.05) is 11.4 Å². The Morgan fingerprint density at radius 3 is 2.39 bits per heavy atom. The maximum Gasteiger partial charge on any atom is 0.264 e. The summed E-state index contributed by atoms with van der Waals surface area (Å²) >= 11 is 0. The molecule has 18 heavy (non-hydrogen) atoms. The molecule has 0 radical (unpaired) electrons. The van der Waals surface area contributed by atoms with Crippen molar-refractivity contribution >= 4 is 11.6 Å². The highest BCUT2D eigenvalue weighted by molar-refractivity contribution is 5.99. The highest BCUT2D eigenvalue weighted by atomic mass is 19.1. The van der Waals surface area contributed by atoms with Crippen molar-refractivity contribution in [3.05, 3.63) is 30.3 Å². The summed E-state index contributed by atoms with van der Waals surface area (Å²) in [5.74, 6) is -0.365. The van der Waals surface area contributed by atoms with E-state index < -0.39 is 5.67 Å². The van der Waals surface area contributed by atoms with Crippen LogP contribution in [0.15, 0.2) is 30.3 Å². The summed E-state index contributed by atoms with van der Waals surface area (Å²) in [5, 5.41) is 0. The van der Waals surface area contributed by atoms with E-state index in [-0.39, 0.29) is 5.91 Å². The minimum atomic E-state index is -1.65. The van der Waals surface area contributed by atoms with Crippen molar-refractivity contribution in [1.82, 2.24) is 0 Å². The molecule has 0 bridgehead atoms. The second kappa shape index (κ2) is 5.51. The van der Waals surface area contributed by atoms with Crippen LogP contribution in [0.25, 0.3) is 0 Å². The molecule has 0 atom stereocenters. The van der Waals surface area contributed by atoms with Gasteiger partial charge in [0.25, 0.3) is 5.91 Å². The molecule has 0 aliphatic heterocycles. The first kappa shape index (κ1) is 13.1. The first-order valence-electron chi connectivity index (χ1n) is 6.73. The fraction of sp³-hybridized carbons (Fsp3) is 0.533. The molecule has 1 amide bonds. The molecular formula is C15H20FNO. The van der Waals surface area contributed by atoms with Crippen LogP contribution >= 0.6 is 0 Å². The standard InChI is InChI=1S/C15H20FNO/c1-2-17(13-9-5-3-6-10-13)14(18)15(16)11-7-4-8-12-15/h3,5-6,9-10H,2,4,7-8,11-12H2,1H3. The number of halogens is 1.